The number of pyridine rings is 1. The maximum atomic E-state index is 15.0. The molecule has 0 radical (unpaired) electrons. The van der Waals surface area contributed by atoms with E-state index < -0.39 is 27.6 Å². The number of ether oxygens (including phenoxy) is 2. The normalized spacial score (nSPS) is 16.9. The number of sulfone groups is 1. The van der Waals surface area contributed by atoms with Crippen molar-refractivity contribution in [2.45, 2.75) is 37.5 Å². The first-order valence-corrected chi connectivity index (χ1v) is 12.6. The van der Waals surface area contributed by atoms with Gasteiger partial charge in [-0.3, -0.25) is 4.79 Å². The molecule has 1 amide bonds. The zero-order valence-electron chi connectivity index (χ0n) is 18.8. The molecule has 8 nitrogen and oxygen atoms in total. The summed E-state index contributed by atoms with van der Waals surface area (Å²) in [6.07, 6.45) is 0.509. The lowest BCUT2D eigenvalue weighted by atomic mass is 10.0. The van der Waals surface area contributed by atoms with Crippen molar-refractivity contribution in [2.75, 3.05) is 25.1 Å². The van der Waals surface area contributed by atoms with E-state index in [0.717, 1.165) is 11.1 Å². The lowest BCUT2D eigenvalue weighted by Crippen LogP contribution is -2.32. The Labute approximate surface area is 196 Å². The Morgan fingerprint density at radius 2 is 2.00 bits per heavy atom. The monoisotopic (exact) mass is 485 g/mol. The third-order valence-corrected chi connectivity index (χ3v) is 8.33. The van der Waals surface area contributed by atoms with Crippen LogP contribution in [0.4, 0.5) is 10.2 Å². The number of likely N-dealkylation sites (N-methyl/N-ethyl adjacent to an activating group) is 1. The highest BCUT2D eigenvalue weighted by Gasteiger charge is 2.33. The van der Waals surface area contributed by atoms with Gasteiger partial charge in [-0.15, -0.1) is 0 Å². The number of carbonyl (C=O) groups excluding carboxylic acids is 1. The first kappa shape index (κ1) is 22.5. The molecule has 178 valence electrons. The van der Waals surface area contributed by atoms with Gasteiger partial charge < -0.3 is 20.1 Å². The smallest absolute Gasteiger partial charge is 0.257 e. The molecule has 2 N–H and O–H groups in total. The minimum absolute atomic E-state index is 0.0457. The number of hydrogen-bond acceptors (Lipinski definition) is 7. The highest BCUT2D eigenvalue weighted by molar-refractivity contribution is 7.91. The number of carbonyl (C=O) groups is 1. The molecule has 34 heavy (non-hydrogen) atoms. The van der Waals surface area contributed by atoms with Crippen LogP contribution in [0.1, 0.15) is 46.4 Å². The molecule has 3 aromatic rings. The van der Waals surface area contributed by atoms with E-state index >= 15 is 0 Å². The fourth-order valence-corrected chi connectivity index (χ4v) is 5.90. The van der Waals surface area contributed by atoms with E-state index in [2.05, 4.69) is 4.98 Å². The average Bonchev–Trinajstić information content (AvgIpc) is 3.45. The molecule has 0 aliphatic carbocycles. The Morgan fingerprint density at radius 3 is 2.76 bits per heavy atom. The van der Waals surface area contributed by atoms with Crippen LogP contribution in [0.15, 0.2) is 35.2 Å². The van der Waals surface area contributed by atoms with E-state index in [-0.39, 0.29) is 22.8 Å². The number of benzene rings is 2. The fraction of sp³-hybridized carbons (Fsp3) is 0.333. The van der Waals surface area contributed by atoms with Gasteiger partial charge in [-0.25, -0.2) is 17.8 Å². The number of nitrogen functional groups attached to an aromatic ring is 1. The molecule has 0 unspecified atom stereocenters. The molecule has 1 atom stereocenters. The topological polar surface area (TPSA) is 112 Å². The second kappa shape index (κ2) is 8.21. The Balaban J connectivity index is 1.48. The number of hydrogen-bond donors (Lipinski definition) is 1. The molecule has 0 fully saturated rings. The van der Waals surface area contributed by atoms with Crippen molar-refractivity contribution < 1.29 is 27.1 Å². The molecule has 0 saturated heterocycles. The van der Waals surface area contributed by atoms with Crippen molar-refractivity contribution in [2.24, 2.45) is 0 Å². The second-order valence-electron chi connectivity index (χ2n) is 8.56. The summed E-state index contributed by atoms with van der Waals surface area (Å²) in [7, 11) is -1.82. The third-order valence-electron chi connectivity index (χ3n) is 6.41. The molecular formula is C24H24FN3O5S. The van der Waals surface area contributed by atoms with Crippen molar-refractivity contribution in [3.63, 3.8) is 0 Å². The van der Waals surface area contributed by atoms with Gasteiger partial charge >= 0.3 is 0 Å². The largest absolute Gasteiger partial charge is 0.491 e. The zero-order chi connectivity index (χ0) is 24.2. The first-order valence-electron chi connectivity index (χ1n) is 11.0. The SMILES string of the molecule is CCCS(=O)(=O)c1ccc2c(c1)OC[C@@H]2N(C)C(=O)c1cc2c3c(c(N)nc2cc1F)COC3. The first-order chi connectivity index (χ1) is 16.2. The number of fused-ring (bicyclic) bond motifs is 4. The van der Waals surface area contributed by atoms with Gasteiger partial charge in [0.05, 0.1) is 41.0 Å². The van der Waals surface area contributed by atoms with Gasteiger partial charge in [-0.1, -0.05) is 13.0 Å². The van der Waals surface area contributed by atoms with Crippen molar-refractivity contribution in [1.29, 1.82) is 0 Å². The van der Waals surface area contributed by atoms with Crippen LogP contribution < -0.4 is 10.5 Å². The van der Waals surface area contributed by atoms with E-state index in [4.69, 9.17) is 15.2 Å². The van der Waals surface area contributed by atoms with Crippen LogP contribution in [0.3, 0.4) is 0 Å². The fourth-order valence-electron chi connectivity index (χ4n) is 4.56. The molecule has 10 heteroatoms. The molecular weight excluding hydrogens is 461 g/mol. The predicted octanol–water partition coefficient (Wildman–Crippen LogP) is 3.38. The summed E-state index contributed by atoms with van der Waals surface area (Å²) in [4.78, 5) is 19.2. The maximum absolute atomic E-state index is 15.0. The Morgan fingerprint density at radius 1 is 1.24 bits per heavy atom. The number of amides is 1. The van der Waals surface area contributed by atoms with Gasteiger partial charge in [-0.2, -0.15) is 0 Å². The Bertz CT molecular complexity index is 1440. The lowest BCUT2D eigenvalue weighted by Gasteiger charge is -2.24. The van der Waals surface area contributed by atoms with E-state index in [9.17, 15) is 17.6 Å². The van der Waals surface area contributed by atoms with Gasteiger partial charge in [0.15, 0.2) is 9.84 Å². The number of nitrogens with zero attached hydrogens (tertiary/aromatic N) is 2. The second-order valence-corrected chi connectivity index (χ2v) is 10.7. The van der Waals surface area contributed by atoms with Crippen molar-refractivity contribution in [3.05, 3.63) is 58.4 Å². The predicted molar refractivity (Wildman–Crippen MR) is 124 cm³/mol. The Kier molecular flexibility index (Phi) is 5.44. The molecule has 0 bridgehead atoms. The number of anilines is 1. The number of nitrogens with two attached hydrogens (primary N) is 1. The zero-order valence-corrected chi connectivity index (χ0v) is 19.6. The van der Waals surface area contributed by atoms with Crippen LogP contribution in [0.2, 0.25) is 0 Å². The number of halogens is 1. The molecule has 1 aromatic heterocycles. The van der Waals surface area contributed by atoms with Crippen LogP contribution >= 0.6 is 0 Å². The summed E-state index contributed by atoms with van der Waals surface area (Å²) in [6.45, 7) is 2.60. The molecule has 0 saturated carbocycles. The van der Waals surface area contributed by atoms with Crippen molar-refractivity contribution in [1.82, 2.24) is 9.88 Å². The van der Waals surface area contributed by atoms with Crippen molar-refractivity contribution >= 4 is 32.5 Å². The van der Waals surface area contributed by atoms with Crippen LogP contribution in [0, 0.1) is 5.82 Å². The quantitative estimate of drug-likeness (QED) is 0.590. The summed E-state index contributed by atoms with van der Waals surface area (Å²) in [5, 5.41) is 0.633. The summed E-state index contributed by atoms with van der Waals surface area (Å²) in [6, 6.07) is 6.91. The van der Waals surface area contributed by atoms with Gasteiger partial charge in [-0.05, 0) is 30.2 Å². The molecule has 2 aromatic carbocycles. The molecule has 3 heterocycles. The average molecular weight is 486 g/mol. The van der Waals surface area contributed by atoms with Gasteiger partial charge in [0, 0.05) is 29.6 Å². The van der Waals surface area contributed by atoms with Crippen molar-refractivity contribution in [3.8, 4) is 5.75 Å². The van der Waals surface area contributed by atoms with Gasteiger partial charge in [0.25, 0.3) is 5.91 Å². The standard InChI is InChI=1S/C24H24FN3O5S/c1-3-6-34(30,31)13-4-5-14-21(12-33-22(14)7-13)28(2)24(29)16-8-15-17-10-32-11-18(17)23(26)27-20(15)9-19(16)25/h4-5,7-9,21H,3,6,10-12H2,1-2H3,(H2,26,27)/t21-/m0/s1. The highest BCUT2D eigenvalue weighted by Crippen LogP contribution is 2.38. The van der Waals surface area contributed by atoms with Gasteiger partial charge in [0.2, 0.25) is 0 Å². The number of rotatable bonds is 5. The van der Waals surface area contributed by atoms with Crippen LogP contribution in [-0.2, 0) is 27.8 Å². The number of aromatic nitrogens is 1. The Hall–Kier alpha value is -3.24. The van der Waals surface area contributed by atoms with E-state index in [1.165, 1.54) is 29.2 Å². The summed E-state index contributed by atoms with van der Waals surface area (Å²) in [5.74, 6) is -0.459. The maximum Gasteiger partial charge on any atom is 0.257 e. The molecule has 0 spiro atoms. The summed E-state index contributed by atoms with van der Waals surface area (Å²) >= 11 is 0. The van der Waals surface area contributed by atoms with E-state index in [1.807, 2.05) is 0 Å². The van der Waals surface area contributed by atoms with E-state index in [1.54, 1.807) is 20.0 Å². The summed E-state index contributed by atoms with van der Waals surface area (Å²) < 4.78 is 51.0. The summed E-state index contributed by atoms with van der Waals surface area (Å²) in [5.41, 5.74) is 8.51. The minimum Gasteiger partial charge on any atom is -0.491 e. The lowest BCUT2D eigenvalue weighted by molar-refractivity contribution is 0.0704. The van der Waals surface area contributed by atoms with Crippen LogP contribution in [-0.4, -0.2) is 43.6 Å². The molecule has 2 aliphatic rings. The van der Waals surface area contributed by atoms with E-state index in [0.29, 0.717) is 47.7 Å². The molecule has 2 aliphatic heterocycles. The minimum atomic E-state index is -3.40. The third kappa shape index (κ3) is 3.57. The highest BCUT2D eigenvalue weighted by atomic mass is 32.2. The molecule has 5 rings (SSSR count). The van der Waals surface area contributed by atoms with Crippen LogP contribution in [0.25, 0.3) is 10.9 Å². The van der Waals surface area contributed by atoms with Gasteiger partial charge in [0.1, 0.15) is 24.0 Å². The van der Waals surface area contributed by atoms with Crippen LogP contribution in [0.5, 0.6) is 5.75 Å².